The smallest absolute Gasteiger partial charge is 0.305 e. The first-order valence-electron chi connectivity index (χ1n) is 5.24. The van der Waals surface area contributed by atoms with E-state index in [4.69, 9.17) is 0 Å². The summed E-state index contributed by atoms with van der Waals surface area (Å²) in [6.45, 7) is 0.496. The molecule has 1 amide bonds. The van der Waals surface area contributed by atoms with Gasteiger partial charge in [-0.25, -0.2) is 0 Å². The Morgan fingerprint density at radius 3 is 2.76 bits per heavy atom. The van der Waals surface area contributed by atoms with E-state index >= 15 is 0 Å². The van der Waals surface area contributed by atoms with Gasteiger partial charge in [0, 0.05) is 20.0 Å². The lowest BCUT2D eigenvalue weighted by molar-refractivity contribution is -0.140. The minimum atomic E-state index is -0.267. The third kappa shape index (κ3) is 4.18. The molecule has 0 unspecified atom stereocenters. The number of nitrogens with zero attached hydrogens (tertiary/aromatic N) is 3. The van der Waals surface area contributed by atoms with Gasteiger partial charge in [0.25, 0.3) is 5.91 Å². The van der Waals surface area contributed by atoms with Crippen molar-refractivity contribution in [2.75, 3.05) is 20.7 Å². The zero-order valence-corrected chi connectivity index (χ0v) is 9.92. The van der Waals surface area contributed by atoms with Gasteiger partial charge in [0.2, 0.25) is 0 Å². The predicted octanol–water partition coefficient (Wildman–Crippen LogP) is 0.502. The van der Waals surface area contributed by atoms with E-state index in [1.54, 1.807) is 18.0 Å². The maximum Gasteiger partial charge on any atom is 0.305 e. The summed E-state index contributed by atoms with van der Waals surface area (Å²) in [6.07, 6.45) is 3.77. The highest BCUT2D eigenvalue weighted by Gasteiger charge is 2.11. The third-order valence-electron chi connectivity index (χ3n) is 2.28. The van der Waals surface area contributed by atoms with E-state index in [2.05, 4.69) is 14.9 Å². The van der Waals surface area contributed by atoms with Crippen LogP contribution >= 0.6 is 0 Å². The van der Waals surface area contributed by atoms with Crippen LogP contribution in [-0.2, 0) is 9.53 Å². The standard InChI is InChI=1S/C11H15N3O3/c1-14(7-3-4-10(15)17-2)11(16)9-5-6-12-13-8-9/h5-6,8H,3-4,7H2,1-2H3. The number of carbonyl (C=O) groups excluding carboxylic acids is 2. The van der Waals surface area contributed by atoms with Gasteiger partial charge >= 0.3 is 5.97 Å². The lowest BCUT2D eigenvalue weighted by Gasteiger charge is -2.16. The Labute approximate surface area is 99.6 Å². The molecule has 17 heavy (non-hydrogen) atoms. The fourth-order valence-electron chi connectivity index (χ4n) is 1.30. The number of carbonyl (C=O) groups is 2. The molecule has 0 aliphatic heterocycles. The van der Waals surface area contributed by atoms with Crippen molar-refractivity contribution in [3.8, 4) is 0 Å². The van der Waals surface area contributed by atoms with Crippen LogP contribution in [0.5, 0.6) is 0 Å². The second-order valence-electron chi connectivity index (χ2n) is 3.54. The number of amides is 1. The molecule has 0 saturated carbocycles. The van der Waals surface area contributed by atoms with Gasteiger partial charge in [-0.05, 0) is 12.5 Å². The second-order valence-corrected chi connectivity index (χ2v) is 3.54. The molecule has 1 rings (SSSR count). The van der Waals surface area contributed by atoms with Crippen LogP contribution in [0.2, 0.25) is 0 Å². The molecule has 1 heterocycles. The van der Waals surface area contributed by atoms with Crippen molar-refractivity contribution < 1.29 is 14.3 Å². The summed E-state index contributed by atoms with van der Waals surface area (Å²) in [5.74, 6) is -0.402. The van der Waals surface area contributed by atoms with Crippen LogP contribution in [0.3, 0.4) is 0 Å². The summed E-state index contributed by atoms with van der Waals surface area (Å²) in [6, 6.07) is 1.60. The summed E-state index contributed by atoms with van der Waals surface area (Å²) >= 11 is 0. The van der Waals surface area contributed by atoms with E-state index in [9.17, 15) is 9.59 Å². The SMILES string of the molecule is COC(=O)CCCN(C)C(=O)c1ccnnc1. The largest absolute Gasteiger partial charge is 0.469 e. The average Bonchev–Trinajstić information content (AvgIpc) is 2.38. The number of esters is 1. The van der Waals surface area contributed by atoms with E-state index in [0.29, 0.717) is 24.9 Å². The highest BCUT2D eigenvalue weighted by Crippen LogP contribution is 2.02. The van der Waals surface area contributed by atoms with E-state index in [1.165, 1.54) is 19.5 Å². The summed E-state index contributed by atoms with van der Waals surface area (Å²) in [7, 11) is 3.03. The van der Waals surface area contributed by atoms with E-state index in [0.717, 1.165) is 0 Å². The van der Waals surface area contributed by atoms with Gasteiger partial charge in [0.05, 0.1) is 25.1 Å². The predicted molar refractivity (Wildman–Crippen MR) is 60.2 cm³/mol. The molecule has 0 saturated heterocycles. The van der Waals surface area contributed by atoms with Gasteiger partial charge in [0.1, 0.15) is 0 Å². The number of hydrogen-bond acceptors (Lipinski definition) is 5. The maximum atomic E-state index is 11.8. The Hall–Kier alpha value is -1.98. The topological polar surface area (TPSA) is 72.4 Å². The molecule has 0 aliphatic rings. The highest BCUT2D eigenvalue weighted by atomic mass is 16.5. The van der Waals surface area contributed by atoms with Crippen LogP contribution < -0.4 is 0 Å². The van der Waals surface area contributed by atoms with Gasteiger partial charge in [-0.1, -0.05) is 0 Å². The van der Waals surface area contributed by atoms with Crippen molar-refractivity contribution in [2.24, 2.45) is 0 Å². The molecular weight excluding hydrogens is 222 g/mol. The molecular formula is C11H15N3O3. The van der Waals surface area contributed by atoms with Gasteiger partial charge in [0.15, 0.2) is 0 Å². The Morgan fingerprint density at radius 2 is 2.18 bits per heavy atom. The Bertz CT molecular complexity index is 381. The van der Waals surface area contributed by atoms with E-state index in [-0.39, 0.29) is 11.9 Å². The summed E-state index contributed by atoms with van der Waals surface area (Å²) in [5, 5.41) is 7.24. The molecule has 0 bridgehead atoms. The molecule has 0 aromatic carbocycles. The van der Waals surface area contributed by atoms with Crippen molar-refractivity contribution in [1.82, 2.24) is 15.1 Å². The fourth-order valence-corrected chi connectivity index (χ4v) is 1.30. The molecule has 6 nitrogen and oxygen atoms in total. The minimum Gasteiger partial charge on any atom is -0.469 e. The number of aromatic nitrogens is 2. The first-order chi connectivity index (χ1) is 8.15. The summed E-state index contributed by atoms with van der Waals surface area (Å²) in [4.78, 5) is 24.3. The molecule has 0 fully saturated rings. The maximum absolute atomic E-state index is 11.8. The molecule has 0 radical (unpaired) electrons. The first kappa shape index (κ1) is 13.1. The minimum absolute atomic E-state index is 0.134. The van der Waals surface area contributed by atoms with E-state index in [1.807, 2.05) is 0 Å². The molecule has 0 aliphatic carbocycles. The number of hydrogen-bond donors (Lipinski definition) is 0. The summed E-state index contributed by atoms with van der Waals surface area (Å²) in [5.41, 5.74) is 0.487. The molecule has 1 aromatic heterocycles. The Morgan fingerprint density at radius 1 is 1.41 bits per heavy atom. The zero-order valence-electron chi connectivity index (χ0n) is 9.92. The van der Waals surface area contributed by atoms with Crippen molar-refractivity contribution in [3.63, 3.8) is 0 Å². The third-order valence-corrected chi connectivity index (χ3v) is 2.28. The quantitative estimate of drug-likeness (QED) is 0.697. The van der Waals surface area contributed by atoms with Gasteiger partial charge in [-0.15, -0.1) is 0 Å². The normalized spacial score (nSPS) is 9.76. The van der Waals surface area contributed by atoms with Crippen LogP contribution in [0.1, 0.15) is 23.2 Å². The fraction of sp³-hybridized carbons (Fsp3) is 0.455. The van der Waals surface area contributed by atoms with E-state index < -0.39 is 0 Å². The van der Waals surface area contributed by atoms with Crippen LogP contribution in [0.25, 0.3) is 0 Å². The van der Waals surface area contributed by atoms with Crippen LogP contribution in [0.15, 0.2) is 18.5 Å². The summed E-state index contributed by atoms with van der Waals surface area (Å²) < 4.78 is 4.52. The van der Waals surface area contributed by atoms with Crippen molar-refractivity contribution in [3.05, 3.63) is 24.0 Å². The lowest BCUT2D eigenvalue weighted by Crippen LogP contribution is -2.28. The number of rotatable bonds is 5. The monoisotopic (exact) mass is 237 g/mol. The second kappa shape index (κ2) is 6.57. The van der Waals surface area contributed by atoms with Crippen LogP contribution in [0.4, 0.5) is 0 Å². The van der Waals surface area contributed by atoms with Crippen LogP contribution in [-0.4, -0.2) is 47.7 Å². The molecule has 6 heteroatoms. The molecule has 0 N–H and O–H groups in total. The number of methoxy groups -OCH3 is 1. The average molecular weight is 237 g/mol. The Kier molecular flexibility index (Phi) is 5.06. The number of ether oxygens (including phenoxy) is 1. The van der Waals surface area contributed by atoms with Gasteiger partial charge in [-0.2, -0.15) is 10.2 Å². The van der Waals surface area contributed by atoms with Crippen molar-refractivity contribution in [1.29, 1.82) is 0 Å². The van der Waals surface area contributed by atoms with Gasteiger partial charge in [-0.3, -0.25) is 9.59 Å². The molecule has 0 spiro atoms. The van der Waals surface area contributed by atoms with Crippen molar-refractivity contribution >= 4 is 11.9 Å². The molecule has 92 valence electrons. The zero-order chi connectivity index (χ0) is 12.7. The highest BCUT2D eigenvalue weighted by molar-refractivity contribution is 5.93. The first-order valence-corrected chi connectivity index (χ1v) is 5.24. The Balaban J connectivity index is 2.40. The van der Waals surface area contributed by atoms with Crippen LogP contribution in [0, 0.1) is 0 Å². The van der Waals surface area contributed by atoms with Crippen molar-refractivity contribution in [2.45, 2.75) is 12.8 Å². The lowest BCUT2D eigenvalue weighted by atomic mass is 10.2. The molecule has 0 atom stereocenters. The molecule has 1 aromatic rings. The van der Waals surface area contributed by atoms with Gasteiger partial charge < -0.3 is 9.64 Å².